The Balaban J connectivity index is 4.34. The van der Waals surface area contributed by atoms with E-state index in [0.717, 1.165) is 23.4 Å². The fraction of sp³-hybridized carbons (Fsp3) is 0.385. The van der Waals surface area contributed by atoms with Gasteiger partial charge in [0.15, 0.2) is 0 Å². The summed E-state index contributed by atoms with van der Waals surface area (Å²) in [4.78, 5) is 0. The topological polar surface area (TPSA) is 12.0 Å². The molecular formula is C13H21N. The minimum absolute atomic E-state index is 0.878. The van der Waals surface area contributed by atoms with E-state index in [-0.39, 0.29) is 0 Å². The molecule has 0 saturated heterocycles. The summed E-state index contributed by atoms with van der Waals surface area (Å²) in [5, 5.41) is 3.19. The Morgan fingerprint density at radius 2 is 1.79 bits per heavy atom. The maximum Gasteiger partial charge on any atom is 0.0332 e. The van der Waals surface area contributed by atoms with E-state index >= 15 is 0 Å². The maximum atomic E-state index is 3.88. The third-order valence-corrected chi connectivity index (χ3v) is 1.83. The van der Waals surface area contributed by atoms with E-state index in [9.17, 15) is 0 Å². The monoisotopic (exact) mass is 191 g/mol. The third kappa shape index (κ3) is 5.41. The van der Waals surface area contributed by atoms with Crippen LogP contribution in [0.3, 0.4) is 0 Å². The van der Waals surface area contributed by atoms with Gasteiger partial charge in [-0.05, 0) is 38.8 Å². The van der Waals surface area contributed by atoms with Gasteiger partial charge in [0, 0.05) is 11.4 Å². The maximum absolute atomic E-state index is 3.88. The molecule has 0 bridgehead atoms. The first-order valence-electron chi connectivity index (χ1n) is 4.94. The van der Waals surface area contributed by atoms with Crippen LogP contribution in [-0.2, 0) is 0 Å². The van der Waals surface area contributed by atoms with Gasteiger partial charge in [-0.15, -0.1) is 0 Å². The molecule has 0 saturated carbocycles. The first-order valence-corrected chi connectivity index (χ1v) is 4.94. The van der Waals surface area contributed by atoms with Crippen LogP contribution in [0.2, 0.25) is 0 Å². The predicted octanol–water partition coefficient (Wildman–Crippen LogP) is 3.93. The van der Waals surface area contributed by atoms with E-state index in [0.29, 0.717) is 0 Å². The zero-order valence-electron chi connectivity index (χ0n) is 9.78. The number of nitrogens with one attached hydrogen (secondary N) is 1. The van der Waals surface area contributed by atoms with Crippen molar-refractivity contribution in [3.8, 4) is 0 Å². The van der Waals surface area contributed by atoms with Crippen LogP contribution in [0.5, 0.6) is 0 Å². The summed E-state index contributed by atoms with van der Waals surface area (Å²) in [6.07, 6.45) is 5.36. The van der Waals surface area contributed by atoms with Gasteiger partial charge in [0.25, 0.3) is 0 Å². The van der Waals surface area contributed by atoms with Gasteiger partial charge in [-0.25, -0.2) is 0 Å². The van der Waals surface area contributed by atoms with E-state index in [4.69, 9.17) is 0 Å². The largest absolute Gasteiger partial charge is 0.359 e. The molecule has 0 amide bonds. The highest BCUT2D eigenvalue weighted by Crippen LogP contribution is 2.05. The molecule has 1 heteroatoms. The van der Waals surface area contributed by atoms with Gasteiger partial charge >= 0.3 is 0 Å². The Kier molecular flexibility index (Phi) is 5.70. The molecule has 0 aliphatic heterocycles. The lowest BCUT2D eigenvalue weighted by atomic mass is 10.2. The molecule has 0 atom stereocenters. The summed E-state index contributed by atoms with van der Waals surface area (Å²) in [7, 11) is 0. The van der Waals surface area contributed by atoms with Crippen molar-refractivity contribution in [2.45, 2.75) is 34.1 Å². The average Bonchev–Trinajstić information content (AvgIpc) is 2.03. The highest BCUT2D eigenvalue weighted by atomic mass is 14.9. The van der Waals surface area contributed by atoms with Crippen LogP contribution in [-0.4, -0.2) is 0 Å². The van der Waals surface area contributed by atoms with Crippen molar-refractivity contribution < 1.29 is 0 Å². The van der Waals surface area contributed by atoms with Gasteiger partial charge in [0.2, 0.25) is 0 Å². The fourth-order valence-electron chi connectivity index (χ4n) is 1.10. The van der Waals surface area contributed by atoms with Gasteiger partial charge in [-0.3, -0.25) is 0 Å². The highest BCUT2D eigenvalue weighted by molar-refractivity contribution is 5.28. The molecule has 0 aromatic rings. The van der Waals surface area contributed by atoms with Gasteiger partial charge < -0.3 is 5.32 Å². The van der Waals surface area contributed by atoms with E-state index in [1.165, 1.54) is 5.57 Å². The summed E-state index contributed by atoms with van der Waals surface area (Å²) >= 11 is 0. The lowest BCUT2D eigenvalue weighted by Gasteiger charge is -2.09. The molecule has 0 unspecified atom stereocenters. The fourth-order valence-corrected chi connectivity index (χ4v) is 1.10. The molecule has 0 aromatic carbocycles. The van der Waals surface area contributed by atoms with Crippen molar-refractivity contribution in [2.24, 2.45) is 0 Å². The zero-order chi connectivity index (χ0) is 11.1. The van der Waals surface area contributed by atoms with Crippen molar-refractivity contribution in [1.29, 1.82) is 0 Å². The minimum atomic E-state index is 0.878. The molecule has 1 N–H and O–H groups in total. The summed E-state index contributed by atoms with van der Waals surface area (Å²) in [6, 6.07) is 0. The van der Waals surface area contributed by atoms with Crippen LogP contribution in [0.25, 0.3) is 0 Å². The lowest BCUT2D eigenvalue weighted by Crippen LogP contribution is -2.10. The van der Waals surface area contributed by atoms with E-state index < -0.39 is 0 Å². The summed E-state index contributed by atoms with van der Waals surface area (Å²) in [5.41, 5.74) is 4.21. The van der Waals surface area contributed by atoms with Crippen LogP contribution < -0.4 is 5.32 Å². The number of allylic oxidation sites excluding steroid dienone is 5. The van der Waals surface area contributed by atoms with Crippen molar-refractivity contribution in [3.63, 3.8) is 0 Å². The lowest BCUT2D eigenvalue weighted by molar-refractivity contribution is 0.980. The predicted molar refractivity (Wildman–Crippen MR) is 64.9 cm³/mol. The van der Waals surface area contributed by atoms with Crippen LogP contribution in [0.15, 0.2) is 47.9 Å². The van der Waals surface area contributed by atoms with Gasteiger partial charge in [0.05, 0.1) is 0 Å². The van der Waals surface area contributed by atoms with Crippen molar-refractivity contribution >= 4 is 0 Å². The first-order chi connectivity index (χ1) is 6.47. The Hall–Kier alpha value is -1.24. The SMILES string of the molecule is C=C(C)C(=C)N/C(C)=C/C(C)=C\CC. The highest BCUT2D eigenvalue weighted by Gasteiger charge is 1.94. The third-order valence-electron chi connectivity index (χ3n) is 1.83. The van der Waals surface area contributed by atoms with Gasteiger partial charge in [-0.2, -0.15) is 0 Å². The molecule has 0 radical (unpaired) electrons. The van der Waals surface area contributed by atoms with Crippen LogP contribution in [0.1, 0.15) is 34.1 Å². The van der Waals surface area contributed by atoms with E-state index in [2.05, 4.69) is 44.5 Å². The Morgan fingerprint density at radius 1 is 1.21 bits per heavy atom. The second-order valence-corrected chi connectivity index (χ2v) is 3.57. The van der Waals surface area contributed by atoms with Crippen LogP contribution in [0.4, 0.5) is 0 Å². The Bertz CT molecular complexity index is 280. The normalized spacial score (nSPS) is 12.6. The molecule has 14 heavy (non-hydrogen) atoms. The van der Waals surface area contributed by atoms with Crippen molar-refractivity contribution in [3.05, 3.63) is 47.9 Å². The summed E-state index contributed by atoms with van der Waals surface area (Å²) in [5.74, 6) is 0. The van der Waals surface area contributed by atoms with Gasteiger partial charge in [0.1, 0.15) is 0 Å². The number of rotatable bonds is 5. The van der Waals surface area contributed by atoms with Crippen LogP contribution >= 0.6 is 0 Å². The van der Waals surface area contributed by atoms with Crippen LogP contribution in [0, 0.1) is 0 Å². The molecule has 0 fully saturated rings. The molecule has 0 aliphatic rings. The molecule has 0 heterocycles. The molecule has 0 aliphatic carbocycles. The second kappa shape index (κ2) is 6.25. The number of hydrogen-bond acceptors (Lipinski definition) is 1. The zero-order valence-corrected chi connectivity index (χ0v) is 9.78. The average molecular weight is 191 g/mol. The molecule has 1 nitrogen and oxygen atoms in total. The van der Waals surface area contributed by atoms with Crippen molar-refractivity contribution in [1.82, 2.24) is 5.32 Å². The molecule has 78 valence electrons. The minimum Gasteiger partial charge on any atom is -0.359 e. The molecular weight excluding hydrogens is 170 g/mol. The Morgan fingerprint density at radius 3 is 2.21 bits per heavy atom. The number of hydrogen-bond donors (Lipinski definition) is 1. The standard InChI is InChI=1S/C13H21N/c1-7-8-11(4)9-12(5)14-13(6)10(2)3/h8-9,14H,2,6-7H2,1,3-5H3/b11-8-,12-9+. The quantitative estimate of drug-likeness (QED) is 0.649. The smallest absolute Gasteiger partial charge is 0.0332 e. The van der Waals surface area contributed by atoms with Crippen molar-refractivity contribution in [2.75, 3.05) is 0 Å². The molecule has 0 spiro atoms. The van der Waals surface area contributed by atoms with E-state index in [1.54, 1.807) is 0 Å². The molecule has 0 aromatic heterocycles. The first kappa shape index (κ1) is 12.8. The molecule has 0 rings (SSSR count). The second-order valence-electron chi connectivity index (χ2n) is 3.57. The van der Waals surface area contributed by atoms with Gasteiger partial charge in [-0.1, -0.05) is 31.7 Å². The van der Waals surface area contributed by atoms with E-state index in [1.807, 2.05) is 13.8 Å². The Labute approximate surface area is 87.9 Å². The summed E-state index contributed by atoms with van der Waals surface area (Å²) < 4.78 is 0. The summed E-state index contributed by atoms with van der Waals surface area (Å²) in [6.45, 7) is 15.9.